The number of nitrogens with zero attached hydrogens (tertiary/aromatic N) is 3. The van der Waals surface area contributed by atoms with Crippen molar-refractivity contribution < 1.29 is 0 Å². The highest BCUT2D eigenvalue weighted by Gasteiger charge is 2.17. The van der Waals surface area contributed by atoms with E-state index in [9.17, 15) is 0 Å². The zero-order chi connectivity index (χ0) is 9.26. The molecule has 13 heavy (non-hydrogen) atoms. The van der Waals surface area contributed by atoms with Crippen molar-refractivity contribution >= 4 is 0 Å². The van der Waals surface area contributed by atoms with E-state index < -0.39 is 0 Å². The Kier molecular flexibility index (Phi) is 2.31. The number of hydrogen-bond acceptors (Lipinski definition) is 3. The van der Waals surface area contributed by atoms with Crippen molar-refractivity contribution in [2.45, 2.75) is 32.2 Å². The topological polar surface area (TPSA) is 42.7 Å². The molecule has 0 bridgehead atoms. The first-order chi connectivity index (χ1) is 6.25. The molecule has 72 valence electrons. The lowest BCUT2D eigenvalue weighted by Crippen LogP contribution is -2.25. The van der Waals surface area contributed by atoms with Gasteiger partial charge in [-0.15, -0.1) is 0 Å². The van der Waals surface area contributed by atoms with Gasteiger partial charge in [0.1, 0.15) is 11.6 Å². The van der Waals surface area contributed by atoms with Crippen LogP contribution in [0.1, 0.15) is 24.5 Å². The molecule has 0 spiro atoms. The molecule has 0 saturated carbocycles. The van der Waals surface area contributed by atoms with Gasteiger partial charge in [-0.25, -0.2) is 4.98 Å². The van der Waals surface area contributed by atoms with Crippen molar-refractivity contribution in [2.75, 3.05) is 6.54 Å². The minimum atomic E-state index is 0.613. The fourth-order valence-corrected chi connectivity index (χ4v) is 1.89. The summed E-state index contributed by atoms with van der Waals surface area (Å²) < 4.78 is 1.88. The summed E-state index contributed by atoms with van der Waals surface area (Å²) in [4.78, 5) is 4.39. The van der Waals surface area contributed by atoms with E-state index in [0.29, 0.717) is 6.04 Å². The zero-order valence-electron chi connectivity index (χ0n) is 8.25. The molecule has 1 N–H and O–H groups in total. The summed E-state index contributed by atoms with van der Waals surface area (Å²) in [5.74, 6) is 1.97. The van der Waals surface area contributed by atoms with Gasteiger partial charge in [0.15, 0.2) is 0 Å². The van der Waals surface area contributed by atoms with E-state index >= 15 is 0 Å². The molecule has 1 aliphatic rings. The van der Waals surface area contributed by atoms with Gasteiger partial charge in [0.2, 0.25) is 0 Å². The minimum absolute atomic E-state index is 0.613. The average molecular weight is 180 g/mol. The van der Waals surface area contributed by atoms with E-state index in [1.54, 1.807) is 0 Å². The normalized spacial score (nSPS) is 22.5. The number of nitrogens with one attached hydrogen (secondary N) is 1. The largest absolute Gasteiger partial charge is 0.314 e. The molecule has 4 heteroatoms. The van der Waals surface area contributed by atoms with Crippen LogP contribution in [0, 0.1) is 6.92 Å². The monoisotopic (exact) mass is 180 g/mol. The molecule has 1 aromatic rings. The lowest BCUT2D eigenvalue weighted by molar-refractivity contribution is 0.562. The van der Waals surface area contributed by atoms with Crippen LogP contribution < -0.4 is 5.32 Å². The van der Waals surface area contributed by atoms with Gasteiger partial charge in [-0.3, -0.25) is 4.68 Å². The summed E-state index contributed by atoms with van der Waals surface area (Å²) in [5, 5.41) is 7.69. The van der Waals surface area contributed by atoms with Gasteiger partial charge in [-0.2, -0.15) is 5.10 Å². The molecule has 1 aliphatic heterocycles. The van der Waals surface area contributed by atoms with E-state index in [1.165, 1.54) is 12.8 Å². The highest BCUT2D eigenvalue weighted by atomic mass is 15.3. The van der Waals surface area contributed by atoms with Crippen molar-refractivity contribution in [2.24, 2.45) is 7.05 Å². The fraction of sp³-hybridized carbons (Fsp3) is 0.778. The van der Waals surface area contributed by atoms with E-state index in [2.05, 4.69) is 15.4 Å². The summed E-state index contributed by atoms with van der Waals surface area (Å²) in [6.07, 6.45) is 3.57. The third-order valence-corrected chi connectivity index (χ3v) is 2.55. The van der Waals surface area contributed by atoms with Gasteiger partial charge in [0.05, 0.1) is 0 Å². The second-order valence-corrected chi connectivity index (χ2v) is 3.70. The zero-order valence-corrected chi connectivity index (χ0v) is 8.25. The Labute approximate surface area is 78.4 Å². The number of rotatable bonds is 2. The van der Waals surface area contributed by atoms with Crippen LogP contribution in [0.25, 0.3) is 0 Å². The molecule has 1 atom stereocenters. The predicted molar refractivity (Wildman–Crippen MR) is 50.5 cm³/mol. The first-order valence-electron chi connectivity index (χ1n) is 4.85. The lowest BCUT2D eigenvalue weighted by atomic mass is 10.1. The Morgan fingerprint density at radius 2 is 2.46 bits per heavy atom. The fourth-order valence-electron chi connectivity index (χ4n) is 1.89. The highest BCUT2D eigenvalue weighted by molar-refractivity contribution is 4.95. The Balaban J connectivity index is 2.03. The predicted octanol–water partition coefficient (Wildman–Crippen LogP) is 0.418. The molecule has 1 aromatic heterocycles. The van der Waals surface area contributed by atoms with Crippen molar-refractivity contribution in [3.8, 4) is 0 Å². The SMILES string of the molecule is Cc1nc(CC2CCCN2)n(C)n1. The summed E-state index contributed by atoms with van der Waals surface area (Å²) in [5.41, 5.74) is 0. The average Bonchev–Trinajstić information content (AvgIpc) is 2.63. The van der Waals surface area contributed by atoms with Crippen molar-refractivity contribution in [3.05, 3.63) is 11.6 Å². The van der Waals surface area contributed by atoms with Crippen LogP contribution in [0.3, 0.4) is 0 Å². The third-order valence-electron chi connectivity index (χ3n) is 2.55. The van der Waals surface area contributed by atoms with Crippen LogP contribution in [-0.4, -0.2) is 27.4 Å². The van der Waals surface area contributed by atoms with Crippen LogP contribution in [-0.2, 0) is 13.5 Å². The molecule has 0 amide bonds. The number of hydrogen-bond donors (Lipinski definition) is 1. The molecule has 1 fully saturated rings. The maximum absolute atomic E-state index is 4.39. The van der Waals surface area contributed by atoms with E-state index in [0.717, 1.165) is 24.6 Å². The van der Waals surface area contributed by atoms with Crippen molar-refractivity contribution in [1.82, 2.24) is 20.1 Å². The van der Waals surface area contributed by atoms with E-state index in [-0.39, 0.29) is 0 Å². The van der Waals surface area contributed by atoms with E-state index in [1.807, 2.05) is 18.7 Å². The molecule has 1 saturated heterocycles. The molecule has 2 rings (SSSR count). The molecule has 0 radical (unpaired) electrons. The molecule has 4 nitrogen and oxygen atoms in total. The summed E-state index contributed by atoms with van der Waals surface area (Å²) in [6, 6.07) is 0.613. The van der Waals surface area contributed by atoms with Gasteiger partial charge in [0.25, 0.3) is 0 Å². The first-order valence-corrected chi connectivity index (χ1v) is 4.85. The van der Waals surface area contributed by atoms with Crippen LogP contribution in [0.15, 0.2) is 0 Å². The smallest absolute Gasteiger partial charge is 0.147 e. The second kappa shape index (κ2) is 3.46. The van der Waals surface area contributed by atoms with Gasteiger partial charge in [-0.1, -0.05) is 0 Å². The highest BCUT2D eigenvalue weighted by Crippen LogP contribution is 2.10. The Hall–Kier alpha value is -0.900. The Morgan fingerprint density at radius 1 is 1.62 bits per heavy atom. The standard InChI is InChI=1S/C9H16N4/c1-7-11-9(13(2)12-7)6-8-4-3-5-10-8/h8,10H,3-6H2,1-2H3. The summed E-state index contributed by atoms with van der Waals surface area (Å²) in [6.45, 7) is 3.09. The quantitative estimate of drug-likeness (QED) is 0.717. The molecular formula is C9H16N4. The minimum Gasteiger partial charge on any atom is -0.314 e. The Morgan fingerprint density at radius 3 is 3.00 bits per heavy atom. The summed E-state index contributed by atoms with van der Waals surface area (Å²) in [7, 11) is 1.96. The maximum atomic E-state index is 4.39. The summed E-state index contributed by atoms with van der Waals surface area (Å²) >= 11 is 0. The van der Waals surface area contributed by atoms with Crippen molar-refractivity contribution in [3.63, 3.8) is 0 Å². The maximum Gasteiger partial charge on any atom is 0.147 e. The molecular weight excluding hydrogens is 164 g/mol. The van der Waals surface area contributed by atoms with E-state index in [4.69, 9.17) is 0 Å². The van der Waals surface area contributed by atoms with Crippen LogP contribution >= 0.6 is 0 Å². The lowest BCUT2D eigenvalue weighted by Gasteiger charge is -2.07. The van der Waals surface area contributed by atoms with Gasteiger partial charge in [0, 0.05) is 19.5 Å². The van der Waals surface area contributed by atoms with Crippen LogP contribution in [0.2, 0.25) is 0 Å². The third kappa shape index (κ3) is 1.88. The number of aromatic nitrogens is 3. The first kappa shape index (κ1) is 8.69. The molecule has 1 unspecified atom stereocenters. The number of aryl methyl sites for hydroxylation is 2. The van der Waals surface area contributed by atoms with Gasteiger partial charge < -0.3 is 5.32 Å². The van der Waals surface area contributed by atoms with Gasteiger partial charge in [-0.05, 0) is 26.3 Å². The van der Waals surface area contributed by atoms with Crippen LogP contribution in [0.4, 0.5) is 0 Å². The second-order valence-electron chi connectivity index (χ2n) is 3.70. The Bertz CT molecular complexity index is 286. The van der Waals surface area contributed by atoms with Crippen LogP contribution in [0.5, 0.6) is 0 Å². The van der Waals surface area contributed by atoms with Gasteiger partial charge >= 0.3 is 0 Å². The van der Waals surface area contributed by atoms with Crippen molar-refractivity contribution in [1.29, 1.82) is 0 Å². The molecule has 0 aliphatic carbocycles. The molecule has 0 aromatic carbocycles. The molecule has 2 heterocycles.